The third-order valence-corrected chi connectivity index (χ3v) is 4.11. The molecule has 1 heterocycles. The monoisotopic (exact) mass is 340 g/mol. The molecule has 0 fully saturated rings. The van der Waals surface area contributed by atoms with Crippen LogP contribution in [-0.2, 0) is 0 Å². The normalized spacial score (nSPS) is 10.7. The fraction of sp³-hybridized carbons (Fsp3) is 0.167. The molecule has 0 aliphatic rings. The van der Waals surface area contributed by atoms with Gasteiger partial charge in [-0.25, -0.2) is 0 Å². The van der Waals surface area contributed by atoms with E-state index < -0.39 is 4.92 Å². The summed E-state index contributed by atoms with van der Waals surface area (Å²) in [6, 6.07) is 11.5. The Labute approximate surface area is 143 Å². The van der Waals surface area contributed by atoms with Crippen LogP contribution < -0.4 is 9.57 Å². The standard InChI is InChI=1S/C18H16N2O5/c1-11-17(13-6-4-5-7-14(13)19(11)25-3)18(21)12-8-9-15(20(22)23)16(10-12)24-2/h4-10H,1-3H3. The summed E-state index contributed by atoms with van der Waals surface area (Å²) in [4.78, 5) is 28.9. The Balaban J connectivity index is 2.18. The van der Waals surface area contributed by atoms with Gasteiger partial charge in [0.05, 0.1) is 28.8 Å². The van der Waals surface area contributed by atoms with Gasteiger partial charge in [0, 0.05) is 17.0 Å². The molecule has 0 radical (unpaired) electrons. The van der Waals surface area contributed by atoms with Gasteiger partial charge >= 0.3 is 5.69 Å². The molecule has 0 unspecified atom stereocenters. The zero-order valence-electron chi connectivity index (χ0n) is 14.0. The molecule has 7 nitrogen and oxygen atoms in total. The van der Waals surface area contributed by atoms with Crippen LogP contribution in [0, 0.1) is 17.0 Å². The van der Waals surface area contributed by atoms with Gasteiger partial charge in [-0.1, -0.05) is 18.2 Å². The van der Waals surface area contributed by atoms with Gasteiger partial charge in [0.1, 0.15) is 7.11 Å². The zero-order valence-corrected chi connectivity index (χ0v) is 14.0. The maximum Gasteiger partial charge on any atom is 0.310 e. The third-order valence-electron chi connectivity index (χ3n) is 4.11. The first-order valence-electron chi connectivity index (χ1n) is 7.51. The maximum atomic E-state index is 13.1. The molecule has 2 aromatic carbocycles. The van der Waals surface area contributed by atoms with E-state index in [0.717, 1.165) is 10.9 Å². The Hall–Kier alpha value is -3.35. The average molecular weight is 340 g/mol. The highest BCUT2D eigenvalue weighted by molar-refractivity contribution is 6.17. The van der Waals surface area contributed by atoms with Crippen LogP contribution in [0.5, 0.6) is 5.75 Å². The van der Waals surface area contributed by atoms with Gasteiger partial charge in [0.25, 0.3) is 0 Å². The van der Waals surface area contributed by atoms with Crippen LogP contribution in [0.2, 0.25) is 0 Å². The number of hydrogen-bond donors (Lipinski definition) is 0. The summed E-state index contributed by atoms with van der Waals surface area (Å²) in [5.74, 6) is -0.207. The first-order valence-corrected chi connectivity index (χ1v) is 7.51. The Kier molecular flexibility index (Phi) is 4.14. The summed E-state index contributed by atoms with van der Waals surface area (Å²) in [6.07, 6.45) is 0. The van der Waals surface area contributed by atoms with Crippen LogP contribution in [0.3, 0.4) is 0 Å². The number of aromatic nitrogens is 1. The number of nitro groups is 1. The third kappa shape index (κ3) is 2.59. The lowest BCUT2D eigenvalue weighted by atomic mass is 10.00. The lowest BCUT2D eigenvalue weighted by molar-refractivity contribution is -0.385. The second-order valence-corrected chi connectivity index (χ2v) is 5.43. The molecule has 3 rings (SSSR count). The molecule has 0 aliphatic carbocycles. The fourth-order valence-electron chi connectivity index (χ4n) is 2.98. The van der Waals surface area contributed by atoms with Crippen LogP contribution in [0.25, 0.3) is 10.9 Å². The van der Waals surface area contributed by atoms with Crippen molar-refractivity contribution < 1.29 is 19.3 Å². The highest BCUT2D eigenvalue weighted by atomic mass is 16.6. The van der Waals surface area contributed by atoms with Crippen LogP contribution >= 0.6 is 0 Å². The summed E-state index contributed by atoms with van der Waals surface area (Å²) in [5.41, 5.74) is 2.05. The van der Waals surface area contributed by atoms with Crippen molar-refractivity contribution in [3.8, 4) is 5.75 Å². The molecule has 128 valence electrons. The van der Waals surface area contributed by atoms with Crippen molar-refractivity contribution >= 4 is 22.4 Å². The van der Waals surface area contributed by atoms with E-state index in [1.54, 1.807) is 11.7 Å². The molecule has 25 heavy (non-hydrogen) atoms. The minimum atomic E-state index is -0.546. The number of benzene rings is 2. The molecule has 3 aromatic rings. The number of methoxy groups -OCH3 is 1. The predicted octanol–water partition coefficient (Wildman–Crippen LogP) is 3.16. The first-order chi connectivity index (χ1) is 12.0. The highest BCUT2D eigenvalue weighted by Gasteiger charge is 2.24. The average Bonchev–Trinajstić information content (AvgIpc) is 2.91. The van der Waals surface area contributed by atoms with Gasteiger partial charge in [-0.3, -0.25) is 14.9 Å². The molecular weight excluding hydrogens is 324 g/mol. The van der Waals surface area contributed by atoms with Crippen molar-refractivity contribution in [1.82, 2.24) is 4.73 Å². The fourth-order valence-corrected chi connectivity index (χ4v) is 2.98. The smallest absolute Gasteiger partial charge is 0.310 e. The van der Waals surface area contributed by atoms with Gasteiger partial charge in [-0.05, 0) is 25.1 Å². The van der Waals surface area contributed by atoms with Gasteiger partial charge in [0.2, 0.25) is 0 Å². The molecule has 0 bridgehead atoms. The highest BCUT2D eigenvalue weighted by Crippen LogP contribution is 2.31. The minimum absolute atomic E-state index is 0.0454. The van der Waals surface area contributed by atoms with E-state index in [4.69, 9.17) is 9.57 Å². The molecule has 0 amide bonds. The summed E-state index contributed by atoms with van der Waals surface area (Å²) < 4.78 is 6.64. The molecule has 7 heteroatoms. The van der Waals surface area contributed by atoms with Crippen LogP contribution in [-0.4, -0.2) is 29.7 Å². The zero-order chi connectivity index (χ0) is 18.1. The number of ether oxygens (including phenoxy) is 1. The topological polar surface area (TPSA) is 83.6 Å². The lowest BCUT2D eigenvalue weighted by Crippen LogP contribution is -2.10. The Morgan fingerprint density at radius 3 is 2.52 bits per heavy atom. The van der Waals surface area contributed by atoms with E-state index >= 15 is 0 Å². The van der Waals surface area contributed by atoms with E-state index in [1.165, 1.54) is 32.4 Å². The van der Waals surface area contributed by atoms with Crippen molar-refractivity contribution in [2.45, 2.75) is 6.92 Å². The molecule has 0 saturated heterocycles. The van der Waals surface area contributed by atoms with Crippen molar-refractivity contribution in [2.24, 2.45) is 0 Å². The van der Waals surface area contributed by atoms with E-state index in [0.29, 0.717) is 16.8 Å². The van der Waals surface area contributed by atoms with Gasteiger partial charge in [-0.15, -0.1) is 0 Å². The summed E-state index contributed by atoms with van der Waals surface area (Å²) >= 11 is 0. The van der Waals surface area contributed by atoms with Crippen LogP contribution in [0.4, 0.5) is 5.69 Å². The molecule has 0 atom stereocenters. The van der Waals surface area contributed by atoms with Gasteiger partial charge < -0.3 is 9.57 Å². The molecule has 0 N–H and O–H groups in total. The summed E-state index contributed by atoms with van der Waals surface area (Å²) in [6.45, 7) is 1.79. The number of carbonyl (C=O) groups is 1. The lowest BCUT2D eigenvalue weighted by Gasteiger charge is -2.07. The van der Waals surface area contributed by atoms with Crippen molar-refractivity contribution in [3.05, 3.63) is 69.4 Å². The quantitative estimate of drug-likeness (QED) is 0.405. The number of hydrogen-bond acceptors (Lipinski definition) is 5. The summed E-state index contributed by atoms with van der Waals surface area (Å²) in [7, 11) is 2.86. The number of nitro benzene ring substituents is 1. The number of rotatable bonds is 5. The predicted molar refractivity (Wildman–Crippen MR) is 92.3 cm³/mol. The van der Waals surface area contributed by atoms with Crippen molar-refractivity contribution in [3.63, 3.8) is 0 Å². The molecule has 0 aliphatic heterocycles. The number of fused-ring (bicyclic) bond motifs is 1. The summed E-state index contributed by atoms with van der Waals surface area (Å²) in [5, 5.41) is 11.8. The van der Waals surface area contributed by atoms with Gasteiger partial charge in [0.15, 0.2) is 11.5 Å². The first kappa shape index (κ1) is 16.5. The minimum Gasteiger partial charge on any atom is -0.490 e. The number of carbonyl (C=O) groups excluding carboxylic acids is 1. The number of nitrogens with zero attached hydrogens (tertiary/aromatic N) is 2. The SMILES string of the molecule is COc1cc(C(=O)c2c(C)n(OC)c3ccccc23)ccc1[N+](=O)[O-]. The van der Waals surface area contributed by atoms with Crippen molar-refractivity contribution in [2.75, 3.05) is 14.2 Å². The van der Waals surface area contributed by atoms with E-state index in [2.05, 4.69) is 0 Å². The Morgan fingerprint density at radius 2 is 1.88 bits per heavy atom. The second kappa shape index (κ2) is 6.27. The molecule has 0 spiro atoms. The molecule has 1 aromatic heterocycles. The van der Waals surface area contributed by atoms with E-state index in [9.17, 15) is 14.9 Å². The van der Waals surface area contributed by atoms with E-state index in [1.807, 2.05) is 24.3 Å². The van der Waals surface area contributed by atoms with E-state index in [-0.39, 0.29) is 17.2 Å². The van der Waals surface area contributed by atoms with Crippen LogP contribution in [0.15, 0.2) is 42.5 Å². The second-order valence-electron chi connectivity index (χ2n) is 5.43. The Bertz CT molecular complexity index is 991. The number of ketones is 1. The molecular formula is C18H16N2O5. The number of para-hydroxylation sites is 1. The largest absolute Gasteiger partial charge is 0.490 e. The van der Waals surface area contributed by atoms with Gasteiger partial charge in [-0.2, -0.15) is 4.73 Å². The maximum absolute atomic E-state index is 13.1. The van der Waals surface area contributed by atoms with Crippen LogP contribution in [0.1, 0.15) is 21.6 Å². The Morgan fingerprint density at radius 1 is 1.16 bits per heavy atom. The molecule has 0 saturated carbocycles. The van der Waals surface area contributed by atoms with Crippen molar-refractivity contribution in [1.29, 1.82) is 0 Å².